The van der Waals surface area contributed by atoms with Crippen molar-refractivity contribution in [2.24, 2.45) is 5.16 Å². The summed E-state index contributed by atoms with van der Waals surface area (Å²) in [5.41, 5.74) is 1.21. The van der Waals surface area contributed by atoms with Gasteiger partial charge in [0.1, 0.15) is 11.8 Å². The van der Waals surface area contributed by atoms with Gasteiger partial charge in [0, 0.05) is 5.56 Å². The van der Waals surface area contributed by atoms with Gasteiger partial charge in [-0.25, -0.2) is 0 Å². The predicted octanol–water partition coefficient (Wildman–Crippen LogP) is 2.09. The van der Waals surface area contributed by atoms with Crippen LogP contribution in [0.4, 0.5) is 0 Å². The van der Waals surface area contributed by atoms with Crippen molar-refractivity contribution in [1.29, 1.82) is 0 Å². The van der Waals surface area contributed by atoms with Gasteiger partial charge in [0.15, 0.2) is 5.60 Å². The highest BCUT2D eigenvalue weighted by Crippen LogP contribution is 2.41. The molecule has 1 aliphatic heterocycles. The Labute approximate surface area is 94.7 Å². The van der Waals surface area contributed by atoms with Crippen molar-refractivity contribution in [3.05, 3.63) is 35.9 Å². The Morgan fingerprint density at radius 3 is 2.56 bits per heavy atom. The number of rotatable bonds is 1. The van der Waals surface area contributed by atoms with Crippen LogP contribution >= 0.6 is 0 Å². The van der Waals surface area contributed by atoms with E-state index in [0.29, 0.717) is 5.71 Å². The number of nitrogens with zero attached hydrogens (tertiary/aromatic N) is 1. The van der Waals surface area contributed by atoms with Crippen molar-refractivity contribution >= 4 is 5.71 Å². The van der Waals surface area contributed by atoms with Crippen molar-refractivity contribution in [3.63, 3.8) is 0 Å². The molecule has 1 aromatic carbocycles. The van der Waals surface area contributed by atoms with Gasteiger partial charge in [-0.3, -0.25) is 0 Å². The fourth-order valence-corrected chi connectivity index (χ4v) is 2.65. The molecular formula is C13H15NO2. The van der Waals surface area contributed by atoms with Crippen molar-refractivity contribution in [1.82, 2.24) is 0 Å². The standard InChI is InChI=1S/C13H15NO2/c15-12-11(10-6-2-1-3-7-10)14-16-13(12)8-4-5-9-13/h1-3,6-7,12,15H,4-5,8-9H2/t12-/m0/s1. The molecule has 1 saturated carbocycles. The molecule has 0 aromatic heterocycles. The van der Waals surface area contributed by atoms with Crippen LogP contribution in [-0.2, 0) is 4.84 Å². The lowest BCUT2D eigenvalue weighted by atomic mass is 9.89. The molecule has 3 heteroatoms. The van der Waals surface area contributed by atoms with Gasteiger partial charge in [-0.15, -0.1) is 0 Å². The van der Waals surface area contributed by atoms with E-state index in [1.165, 1.54) is 0 Å². The van der Waals surface area contributed by atoms with Gasteiger partial charge in [0.05, 0.1) is 0 Å². The minimum atomic E-state index is -0.572. The Balaban J connectivity index is 1.89. The minimum Gasteiger partial charge on any atom is -0.386 e. The van der Waals surface area contributed by atoms with Gasteiger partial charge < -0.3 is 9.94 Å². The van der Waals surface area contributed by atoms with Crippen molar-refractivity contribution < 1.29 is 9.94 Å². The van der Waals surface area contributed by atoms with E-state index < -0.39 is 11.7 Å². The van der Waals surface area contributed by atoms with Crippen LogP contribution < -0.4 is 0 Å². The maximum absolute atomic E-state index is 10.3. The Bertz CT molecular complexity index is 407. The number of aliphatic hydroxyl groups is 1. The molecule has 1 heterocycles. The highest BCUT2D eigenvalue weighted by Gasteiger charge is 2.50. The van der Waals surface area contributed by atoms with E-state index in [2.05, 4.69) is 5.16 Å². The largest absolute Gasteiger partial charge is 0.386 e. The van der Waals surface area contributed by atoms with Crippen molar-refractivity contribution in [2.45, 2.75) is 37.4 Å². The van der Waals surface area contributed by atoms with Crippen LogP contribution in [0.15, 0.2) is 35.5 Å². The van der Waals surface area contributed by atoms with E-state index in [-0.39, 0.29) is 0 Å². The molecule has 0 radical (unpaired) electrons. The molecule has 3 rings (SSSR count). The maximum atomic E-state index is 10.3. The quantitative estimate of drug-likeness (QED) is 0.782. The van der Waals surface area contributed by atoms with E-state index in [9.17, 15) is 5.11 Å². The molecule has 84 valence electrons. The third kappa shape index (κ3) is 1.35. The normalized spacial score (nSPS) is 26.8. The fraction of sp³-hybridized carbons (Fsp3) is 0.462. The van der Waals surface area contributed by atoms with Gasteiger partial charge in [-0.2, -0.15) is 0 Å². The molecular weight excluding hydrogens is 202 g/mol. The van der Waals surface area contributed by atoms with Crippen LogP contribution in [-0.4, -0.2) is 22.5 Å². The average molecular weight is 217 g/mol. The van der Waals surface area contributed by atoms with Crippen molar-refractivity contribution in [2.75, 3.05) is 0 Å². The predicted molar refractivity (Wildman–Crippen MR) is 61.3 cm³/mol. The monoisotopic (exact) mass is 217 g/mol. The van der Waals surface area contributed by atoms with Gasteiger partial charge in [0.2, 0.25) is 0 Å². The van der Waals surface area contributed by atoms with E-state index in [1.807, 2.05) is 30.3 Å². The maximum Gasteiger partial charge on any atom is 0.169 e. The fourth-order valence-electron chi connectivity index (χ4n) is 2.65. The second kappa shape index (κ2) is 3.59. The summed E-state index contributed by atoms with van der Waals surface area (Å²) in [5, 5.41) is 14.4. The third-order valence-electron chi connectivity index (χ3n) is 3.60. The minimum absolute atomic E-state index is 0.425. The van der Waals surface area contributed by atoms with Crippen LogP contribution in [0, 0.1) is 0 Å². The lowest BCUT2D eigenvalue weighted by Gasteiger charge is -2.24. The summed E-state index contributed by atoms with van der Waals surface area (Å²) in [6.45, 7) is 0. The summed E-state index contributed by atoms with van der Waals surface area (Å²) < 4.78 is 0. The topological polar surface area (TPSA) is 41.8 Å². The SMILES string of the molecule is O[C@H]1C(c2ccccc2)=NOC12CCCC2. The zero-order valence-electron chi connectivity index (χ0n) is 9.10. The molecule has 0 amide bonds. The van der Waals surface area contributed by atoms with Crippen LogP contribution in [0.5, 0.6) is 0 Å². The van der Waals surface area contributed by atoms with Gasteiger partial charge >= 0.3 is 0 Å². The summed E-state index contributed by atoms with van der Waals surface area (Å²) in [7, 11) is 0. The van der Waals surface area contributed by atoms with Crippen LogP contribution in [0.3, 0.4) is 0 Å². The number of hydrogen-bond donors (Lipinski definition) is 1. The van der Waals surface area contributed by atoms with Gasteiger partial charge in [-0.1, -0.05) is 35.5 Å². The first-order valence-electron chi connectivity index (χ1n) is 5.81. The summed E-state index contributed by atoms with van der Waals surface area (Å²) in [6.07, 6.45) is 3.49. The second-order valence-corrected chi connectivity index (χ2v) is 4.61. The number of oxime groups is 1. The molecule has 1 spiro atoms. The van der Waals surface area contributed by atoms with Crippen LogP contribution in [0.25, 0.3) is 0 Å². The Morgan fingerprint density at radius 1 is 1.19 bits per heavy atom. The second-order valence-electron chi connectivity index (χ2n) is 4.61. The summed E-state index contributed by atoms with van der Waals surface area (Å²) in [5.74, 6) is 0. The average Bonchev–Trinajstić information content (AvgIpc) is 2.91. The summed E-state index contributed by atoms with van der Waals surface area (Å²) >= 11 is 0. The first-order valence-corrected chi connectivity index (χ1v) is 5.81. The number of benzene rings is 1. The summed E-state index contributed by atoms with van der Waals surface area (Å²) in [4.78, 5) is 5.52. The molecule has 1 aromatic rings. The van der Waals surface area contributed by atoms with Crippen LogP contribution in [0.1, 0.15) is 31.2 Å². The van der Waals surface area contributed by atoms with E-state index >= 15 is 0 Å². The zero-order valence-corrected chi connectivity index (χ0v) is 9.10. The Hall–Kier alpha value is -1.35. The first kappa shape index (κ1) is 9.85. The van der Waals surface area contributed by atoms with Crippen molar-refractivity contribution in [3.8, 4) is 0 Å². The molecule has 3 nitrogen and oxygen atoms in total. The third-order valence-corrected chi connectivity index (χ3v) is 3.60. The van der Waals surface area contributed by atoms with E-state index in [1.54, 1.807) is 0 Å². The highest BCUT2D eigenvalue weighted by atomic mass is 16.7. The lowest BCUT2D eigenvalue weighted by molar-refractivity contribution is -0.0698. The Morgan fingerprint density at radius 2 is 1.88 bits per heavy atom. The smallest absolute Gasteiger partial charge is 0.169 e. The Kier molecular flexibility index (Phi) is 2.21. The van der Waals surface area contributed by atoms with Gasteiger partial charge in [-0.05, 0) is 25.7 Å². The van der Waals surface area contributed by atoms with Crippen LogP contribution in [0.2, 0.25) is 0 Å². The molecule has 0 unspecified atom stereocenters. The molecule has 0 saturated heterocycles. The summed E-state index contributed by atoms with van der Waals surface area (Å²) in [6, 6.07) is 9.77. The molecule has 0 bridgehead atoms. The molecule has 1 atom stereocenters. The highest BCUT2D eigenvalue weighted by molar-refractivity contribution is 6.05. The zero-order chi connectivity index (χ0) is 11.0. The van der Waals surface area contributed by atoms with E-state index in [4.69, 9.17) is 4.84 Å². The number of aliphatic hydroxyl groups excluding tert-OH is 1. The molecule has 1 aliphatic carbocycles. The number of hydrogen-bond acceptors (Lipinski definition) is 3. The lowest BCUT2D eigenvalue weighted by Crippen LogP contribution is -2.41. The molecule has 16 heavy (non-hydrogen) atoms. The molecule has 1 N–H and O–H groups in total. The first-order chi connectivity index (χ1) is 7.82. The molecule has 2 aliphatic rings. The van der Waals surface area contributed by atoms with E-state index in [0.717, 1.165) is 31.2 Å². The molecule has 1 fully saturated rings. The van der Waals surface area contributed by atoms with Gasteiger partial charge in [0.25, 0.3) is 0 Å².